The number of aliphatic hydroxyl groups excluding tert-OH is 1. The molecule has 0 aromatic rings. The molecule has 0 aromatic carbocycles. The zero-order valence-corrected chi connectivity index (χ0v) is 10.0. The Morgan fingerprint density at radius 1 is 1.47 bits per heavy atom. The molecule has 90 valence electrons. The van der Waals surface area contributed by atoms with Crippen molar-refractivity contribution in [3.05, 3.63) is 0 Å². The highest BCUT2D eigenvalue weighted by molar-refractivity contribution is 4.73. The molecule has 3 nitrogen and oxygen atoms in total. The molecule has 3 atom stereocenters. The van der Waals surface area contributed by atoms with Crippen LogP contribution in [0.3, 0.4) is 0 Å². The standard InChI is InChI=1S/C12H25NO2/c1-3-11(6-7-14)8-13-9-12-5-4-10(2)15-12/h10-14H,3-9H2,1-2H3. The molecule has 0 radical (unpaired) electrons. The molecule has 0 amide bonds. The van der Waals surface area contributed by atoms with Gasteiger partial charge in [0.1, 0.15) is 0 Å². The SMILES string of the molecule is CCC(CCO)CNCC1CCC(C)O1. The van der Waals surface area contributed by atoms with Crippen molar-refractivity contribution in [3.8, 4) is 0 Å². The van der Waals surface area contributed by atoms with Crippen LogP contribution >= 0.6 is 0 Å². The number of hydrogen-bond donors (Lipinski definition) is 2. The number of hydrogen-bond acceptors (Lipinski definition) is 3. The maximum Gasteiger partial charge on any atom is 0.0704 e. The van der Waals surface area contributed by atoms with Crippen LogP contribution < -0.4 is 5.32 Å². The van der Waals surface area contributed by atoms with E-state index >= 15 is 0 Å². The molecule has 1 rings (SSSR count). The number of rotatable bonds is 7. The molecule has 1 aliphatic heterocycles. The molecule has 3 heteroatoms. The van der Waals surface area contributed by atoms with Crippen LogP contribution in [0.2, 0.25) is 0 Å². The van der Waals surface area contributed by atoms with Gasteiger partial charge in [-0.05, 0) is 38.6 Å². The van der Waals surface area contributed by atoms with Gasteiger partial charge in [-0.3, -0.25) is 0 Å². The first-order valence-corrected chi connectivity index (χ1v) is 6.23. The summed E-state index contributed by atoms with van der Waals surface area (Å²) in [5.74, 6) is 0.605. The second-order valence-electron chi connectivity index (χ2n) is 4.59. The van der Waals surface area contributed by atoms with E-state index in [1.807, 2.05) is 0 Å². The van der Waals surface area contributed by atoms with E-state index in [1.165, 1.54) is 12.8 Å². The molecule has 0 spiro atoms. The lowest BCUT2D eigenvalue weighted by Gasteiger charge is -2.17. The van der Waals surface area contributed by atoms with Crippen LogP contribution in [0.25, 0.3) is 0 Å². The number of aliphatic hydroxyl groups is 1. The lowest BCUT2D eigenvalue weighted by molar-refractivity contribution is 0.0553. The van der Waals surface area contributed by atoms with Crippen molar-refractivity contribution in [1.82, 2.24) is 5.32 Å². The summed E-state index contributed by atoms with van der Waals surface area (Å²) in [5.41, 5.74) is 0. The van der Waals surface area contributed by atoms with E-state index in [-0.39, 0.29) is 0 Å². The zero-order chi connectivity index (χ0) is 11.1. The van der Waals surface area contributed by atoms with Crippen molar-refractivity contribution in [2.75, 3.05) is 19.7 Å². The molecule has 0 aliphatic carbocycles. The molecule has 0 saturated carbocycles. The number of ether oxygens (including phenoxy) is 1. The van der Waals surface area contributed by atoms with Gasteiger partial charge in [0.15, 0.2) is 0 Å². The van der Waals surface area contributed by atoms with Gasteiger partial charge in [0, 0.05) is 13.2 Å². The van der Waals surface area contributed by atoms with Gasteiger partial charge >= 0.3 is 0 Å². The fraction of sp³-hybridized carbons (Fsp3) is 1.00. The Balaban J connectivity index is 2.04. The predicted octanol–water partition coefficient (Wildman–Crippen LogP) is 1.55. The molecule has 1 saturated heterocycles. The minimum atomic E-state index is 0.303. The van der Waals surface area contributed by atoms with Gasteiger partial charge in [-0.2, -0.15) is 0 Å². The van der Waals surface area contributed by atoms with Crippen LogP contribution in [0, 0.1) is 5.92 Å². The van der Waals surface area contributed by atoms with E-state index in [0.717, 1.165) is 25.9 Å². The fourth-order valence-corrected chi connectivity index (χ4v) is 2.12. The first-order valence-electron chi connectivity index (χ1n) is 6.23. The Hall–Kier alpha value is -0.120. The van der Waals surface area contributed by atoms with Gasteiger partial charge < -0.3 is 15.2 Å². The Morgan fingerprint density at radius 2 is 2.27 bits per heavy atom. The van der Waals surface area contributed by atoms with Crippen LogP contribution in [-0.4, -0.2) is 37.0 Å². The highest BCUT2D eigenvalue weighted by Gasteiger charge is 2.21. The molecule has 3 unspecified atom stereocenters. The zero-order valence-electron chi connectivity index (χ0n) is 10.0. The summed E-state index contributed by atoms with van der Waals surface area (Å²) >= 11 is 0. The highest BCUT2D eigenvalue weighted by atomic mass is 16.5. The Kier molecular flexibility index (Phi) is 6.22. The summed E-state index contributed by atoms with van der Waals surface area (Å²) in [7, 11) is 0. The fourth-order valence-electron chi connectivity index (χ4n) is 2.12. The smallest absolute Gasteiger partial charge is 0.0704 e. The van der Waals surface area contributed by atoms with E-state index in [0.29, 0.717) is 24.7 Å². The summed E-state index contributed by atoms with van der Waals surface area (Å²) in [6.07, 6.45) is 5.27. The van der Waals surface area contributed by atoms with E-state index in [4.69, 9.17) is 9.84 Å². The Labute approximate surface area is 93.2 Å². The lowest BCUT2D eigenvalue weighted by Crippen LogP contribution is -2.31. The molecule has 0 aromatic heterocycles. The average molecular weight is 215 g/mol. The number of nitrogens with one attached hydrogen (secondary N) is 1. The third-order valence-corrected chi connectivity index (χ3v) is 3.24. The molecule has 15 heavy (non-hydrogen) atoms. The van der Waals surface area contributed by atoms with E-state index in [2.05, 4.69) is 19.2 Å². The van der Waals surface area contributed by atoms with E-state index in [9.17, 15) is 0 Å². The average Bonchev–Trinajstić information content (AvgIpc) is 2.63. The monoisotopic (exact) mass is 215 g/mol. The van der Waals surface area contributed by atoms with Gasteiger partial charge in [0.25, 0.3) is 0 Å². The lowest BCUT2D eigenvalue weighted by atomic mass is 10.0. The van der Waals surface area contributed by atoms with Crippen LogP contribution in [0.4, 0.5) is 0 Å². The van der Waals surface area contributed by atoms with Crippen molar-refractivity contribution in [2.45, 2.75) is 51.7 Å². The molecule has 1 heterocycles. The molecule has 1 aliphatic rings. The third kappa shape index (κ3) is 4.96. The normalized spacial score (nSPS) is 28.2. The topological polar surface area (TPSA) is 41.5 Å². The summed E-state index contributed by atoms with van der Waals surface area (Å²) in [5, 5.41) is 12.3. The van der Waals surface area contributed by atoms with Crippen molar-refractivity contribution < 1.29 is 9.84 Å². The maximum absolute atomic E-state index is 8.86. The van der Waals surface area contributed by atoms with Crippen molar-refractivity contribution in [2.24, 2.45) is 5.92 Å². The van der Waals surface area contributed by atoms with E-state index < -0.39 is 0 Å². The van der Waals surface area contributed by atoms with Gasteiger partial charge in [-0.1, -0.05) is 13.3 Å². The first-order chi connectivity index (χ1) is 7.26. The summed E-state index contributed by atoms with van der Waals surface area (Å²) in [4.78, 5) is 0. The van der Waals surface area contributed by atoms with Gasteiger partial charge in [-0.15, -0.1) is 0 Å². The Bertz CT molecular complexity index is 160. The largest absolute Gasteiger partial charge is 0.396 e. The van der Waals surface area contributed by atoms with Crippen molar-refractivity contribution in [3.63, 3.8) is 0 Å². The molecular weight excluding hydrogens is 190 g/mol. The maximum atomic E-state index is 8.86. The minimum absolute atomic E-state index is 0.303. The minimum Gasteiger partial charge on any atom is -0.396 e. The van der Waals surface area contributed by atoms with Gasteiger partial charge in [0.05, 0.1) is 12.2 Å². The van der Waals surface area contributed by atoms with Gasteiger partial charge in [0.2, 0.25) is 0 Å². The molecule has 0 bridgehead atoms. The summed E-state index contributed by atoms with van der Waals surface area (Å²) in [6, 6.07) is 0. The van der Waals surface area contributed by atoms with Crippen molar-refractivity contribution >= 4 is 0 Å². The van der Waals surface area contributed by atoms with E-state index in [1.54, 1.807) is 0 Å². The summed E-state index contributed by atoms with van der Waals surface area (Å²) < 4.78 is 5.72. The first kappa shape index (κ1) is 12.9. The van der Waals surface area contributed by atoms with Gasteiger partial charge in [-0.25, -0.2) is 0 Å². The van der Waals surface area contributed by atoms with Crippen LogP contribution in [-0.2, 0) is 4.74 Å². The van der Waals surface area contributed by atoms with Crippen molar-refractivity contribution in [1.29, 1.82) is 0 Å². The molecule has 2 N–H and O–H groups in total. The highest BCUT2D eigenvalue weighted by Crippen LogP contribution is 2.18. The Morgan fingerprint density at radius 3 is 2.80 bits per heavy atom. The molecule has 1 fully saturated rings. The predicted molar refractivity (Wildman–Crippen MR) is 61.9 cm³/mol. The summed E-state index contributed by atoms with van der Waals surface area (Å²) in [6.45, 7) is 6.59. The van der Waals surface area contributed by atoms with Crippen LogP contribution in [0.5, 0.6) is 0 Å². The molecular formula is C12H25NO2. The second-order valence-corrected chi connectivity index (χ2v) is 4.59. The van der Waals surface area contributed by atoms with Crippen LogP contribution in [0.15, 0.2) is 0 Å². The third-order valence-electron chi connectivity index (χ3n) is 3.24. The quantitative estimate of drug-likeness (QED) is 0.677. The second kappa shape index (κ2) is 7.20. The van der Waals surface area contributed by atoms with Crippen LogP contribution in [0.1, 0.15) is 39.5 Å².